The molecule has 0 spiro atoms. The van der Waals surface area contributed by atoms with Gasteiger partial charge in [0.1, 0.15) is 29.0 Å². The van der Waals surface area contributed by atoms with Crippen LogP contribution in [-0.4, -0.2) is 91.5 Å². The first-order valence-corrected chi connectivity index (χ1v) is 21.3. The number of methoxy groups -OCH3 is 1. The van der Waals surface area contributed by atoms with Crippen molar-refractivity contribution in [2.75, 3.05) is 53.8 Å². The fraction of sp³-hybridized carbons (Fsp3) is 0.479. The summed E-state index contributed by atoms with van der Waals surface area (Å²) in [6, 6.07) is 17.4. The van der Waals surface area contributed by atoms with Gasteiger partial charge in [-0.25, -0.2) is 0 Å². The molecule has 0 aromatic heterocycles. The summed E-state index contributed by atoms with van der Waals surface area (Å²) in [6.45, 7) is 8.11. The number of aromatic hydroxyl groups is 2. The molecular weight excluding hydrogens is 761 g/mol. The molecule has 320 valence electrons. The predicted octanol–water partition coefficient (Wildman–Crippen LogP) is 4.30. The van der Waals surface area contributed by atoms with Crippen molar-refractivity contribution in [3.05, 3.63) is 98.6 Å². The highest BCUT2D eigenvalue weighted by Gasteiger charge is 2.50. The zero-order chi connectivity index (χ0) is 42.2. The summed E-state index contributed by atoms with van der Waals surface area (Å²) in [5, 5.41) is 55.5. The number of benzene rings is 4. The maximum Gasteiger partial charge on any atom is 0.160 e. The Balaban J connectivity index is 1.26. The first-order valence-electron chi connectivity index (χ1n) is 21.3. The van der Waals surface area contributed by atoms with Gasteiger partial charge < -0.3 is 50.0 Å². The molecule has 0 saturated heterocycles. The van der Waals surface area contributed by atoms with Crippen LogP contribution in [0.2, 0.25) is 0 Å². The van der Waals surface area contributed by atoms with Crippen molar-refractivity contribution in [1.29, 1.82) is 0 Å². The first-order chi connectivity index (χ1) is 28.9. The van der Waals surface area contributed by atoms with Gasteiger partial charge >= 0.3 is 0 Å². The van der Waals surface area contributed by atoms with Crippen LogP contribution in [0.3, 0.4) is 0 Å². The van der Waals surface area contributed by atoms with Crippen LogP contribution in [0, 0.1) is 5.92 Å². The molecule has 7 N–H and O–H groups in total. The minimum absolute atomic E-state index is 0.0167. The minimum Gasteiger partial charge on any atom is -0.508 e. The van der Waals surface area contributed by atoms with Crippen molar-refractivity contribution in [3.63, 3.8) is 0 Å². The average Bonchev–Trinajstić information content (AvgIpc) is 3.70. The maximum atomic E-state index is 11.0. The van der Waals surface area contributed by atoms with Gasteiger partial charge in [-0.3, -0.25) is 10.3 Å². The largest absolute Gasteiger partial charge is 0.508 e. The van der Waals surface area contributed by atoms with E-state index in [9.17, 15) is 20.4 Å². The first kappa shape index (κ1) is 42.0. The molecule has 0 saturated carbocycles. The average molecular weight is 821 g/mol. The van der Waals surface area contributed by atoms with Gasteiger partial charge in [0.25, 0.3) is 0 Å². The lowest BCUT2D eigenvalue weighted by Gasteiger charge is -2.47. The van der Waals surface area contributed by atoms with Crippen molar-refractivity contribution >= 4 is 6.08 Å². The van der Waals surface area contributed by atoms with E-state index in [-0.39, 0.29) is 36.9 Å². The van der Waals surface area contributed by atoms with E-state index in [0.29, 0.717) is 70.1 Å². The fourth-order valence-electron chi connectivity index (χ4n) is 9.98. The number of hydrogen-bond donors (Lipinski definition) is 7. The number of hydrogen-bond acceptors (Lipinski definition) is 12. The van der Waals surface area contributed by atoms with E-state index in [2.05, 4.69) is 59.1 Å². The Morgan fingerprint density at radius 1 is 1.00 bits per heavy atom. The molecular formula is C48H60N4O8. The molecule has 4 aromatic carbocycles. The van der Waals surface area contributed by atoms with Crippen LogP contribution < -0.4 is 40.7 Å². The number of nitrogens with zero attached hydrogens (tertiary/aromatic N) is 1. The predicted molar refractivity (Wildman–Crippen MR) is 230 cm³/mol. The molecule has 12 heteroatoms. The van der Waals surface area contributed by atoms with E-state index in [1.54, 1.807) is 12.1 Å². The van der Waals surface area contributed by atoms with Crippen molar-refractivity contribution in [2.45, 2.75) is 88.6 Å². The Hall–Kier alpha value is -4.69. The summed E-state index contributed by atoms with van der Waals surface area (Å²) >= 11 is 0. The molecule has 5 atom stereocenters. The fourth-order valence-corrected chi connectivity index (χ4v) is 9.98. The lowest BCUT2D eigenvalue weighted by molar-refractivity contribution is -0.129. The van der Waals surface area contributed by atoms with Crippen LogP contribution in [0.1, 0.15) is 79.0 Å². The van der Waals surface area contributed by atoms with Gasteiger partial charge in [0.05, 0.1) is 38.0 Å². The molecule has 5 unspecified atom stereocenters. The van der Waals surface area contributed by atoms with Crippen molar-refractivity contribution in [2.24, 2.45) is 10.9 Å². The van der Waals surface area contributed by atoms with E-state index in [1.165, 1.54) is 12.7 Å². The molecule has 60 heavy (non-hydrogen) atoms. The number of nitrogens with one attached hydrogen (secondary N) is 3. The maximum absolute atomic E-state index is 11.0. The van der Waals surface area contributed by atoms with Gasteiger partial charge in [-0.1, -0.05) is 38.1 Å². The smallest absolute Gasteiger partial charge is 0.160 e. The Bertz CT molecular complexity index is 2350. The molecule has 0 radical (unpaired) electrons. The van der Waals surface area contributed by atoms with Gasteiger partial charge in [-0.2, -0.15) is 0 Å². The second-order valence-electron chi connectivity index (χ2n) is 17.7. The van der Waals surface area contributed by atoms with Crippen molar-refractivity contribution < 1.29 is 39.4 Å². The number of phenolic OH excluding ortho intramolecular Hbond substituents is 2. The number of aliphatic hydroxyl groups is 2. The van der Waals surface area contributed by atoms with Gasteiger partial charge in [-0.15, -0.1) is 0 Å². The molecule has 4 aromatic rings. The SMILES string of the molecule is CNCOC1(CNCNCC(C)(O)CC(C)C)Cc2c3c(c4c(c2OC1c1ccc(O)c(OC)c1)CCC(CO)O4)-c1ccc(O)cc1C(Cc1ccc2c(c1)=CCN=2)C3. The van der Waals surface area contributed by atoms with E-state index in [1.807, 2.05) is 38.2 Å². The number of aliphatic hydroxyl groups excluding tert-OH is 1. The van der Waals surface area contributed by atoms with Crippen LogP contribution in [0.15, 0.2) is 59.6 Å². The molecule has 1 aliphatic carbocycles. The topological polar surface area (TPSA) is 166 Å². The third kappa shape index (κ3) is 8.33. The molecule has 8 rings (SSSR count). The number of fused-ring (bicyclic) bond motifs is 9. The van der Waals surface area contributed by atoms with Crippen molar-refractivity contribution in [1.82, 2.24) is 16.0 Å². The zero-order valence-electron chi connectivity index (χ0n) is 35.4. The summed E-state index contributed by atoms with van der Waals surface area (Å²) in [7, 11) is 3.38. The van der Waals surface area contributed by atoms with Crippen LogP contribution in [0.25, 0.3) is 17.2 Å². The van der Waals surface area contributed by atoms with E-state index >= 15 is 0 Å². The summed E-state index contributed by atoms with van der Waals surface area (Å²) in [6.07, 6.45) is 4.94. The molecule has 4 aliphatic rings. The van der Waals surface area contributed by atoms with E-state index in [4.69, 9.17) is 18.9 Å². The summed E-state index contributed by atoms with van der Waals surface area (Å²) in [5.74, 6) is 2.41. The molecule has 3 aliphatic heterocycles. The highest BCUT2D eigenvalue weighted by molar-refractivity contribution is 5.85. The van der Waals surface area contributed by atoms with E-state index < -0.39 is 17.3 Å². The number of phenols is 2. The monoisotopic (exact) mass is 820 g/mol. The van der Waals surface area contributed by atoms with Gasteiger partial charge in [-0.05, 0) is 127 Å². The normalized spacial score (nSPS) is 22.2. The highest BCUT2D eigenvalue weighted by atomic mass is 16.6. The minimum atomic E-state index is -0.977. The molecule has 12 nitrogen and oxygen atoms in total. The zero-order valence-corrected chi connectivity index (χ0v) is 35.4. The standard InChI is InChI=1S/C48H60N4O8/c1-28(2)21-47(3,56)24-50-26-51-25-48(58-27-49-4)22-39-38-18-32(17-29-6-12-40-30(16-29)14-15-52-40)37-20-33(54)8-10-35(37)43(38)45-36(11-9-34(23-53)59-45)44(39)60-46(48)31-7-13-41(55)42(19-31)57-5/h6-8,10,12-14,16,19-20,28,32,34,46,49-51,53-56H,9,11,15,17-18,21-27H2,1-5H3. The van der Waals surface area contributed by atoms with Crippen LogP contribution in [0.5, 0.6) is 28.7 Å². The quantitative estimate of drug-likeness (QED) is 0.0637. The Labute approximate surface area is 352 Å². The summed E-state index contributed by atoms with van der Waals surface area (Å²) in [5.41, 5.74) is 6.27. The van der Waals surface area contributed by atoms with Gasteiger partial charge in [0.15, 0.2) is 17.6 Å². The Morgan fingerprint density at radius 3 is 2.63 bits per heavy atom. The highest BCUT2D eigenvalue weighted by Crippen LogP contribution is 2.57. The van der Waals surface area contributed by atoms with Crippen LogP contribution >= 0.6 is 0 Å². The molecule has 0 bridgehead atoms. The van der Waals surface area contributed by atoms with Crippen LogP contribution in [0.4, 0.5) is 0 Å². The number of rotatable bonds is 16. The summed E-state index contributed by atoms with van der Waals surface area (Å²) < 4.78 is 26.7. The molecule has 3 heterocycles. The van der Waals surface area contributed by atoms with Crippen LogP contribution in [-0.2, 0) is 30.4 Å². The lowest BCUT2D eigenvalue weighted by atomic mass is 9.70. The Morgan fingerprint density at radius 2 is 1.85 bits per heavy atom. The molecule has 0 amide bonds. The molecule has 0 fully saturated rings. The van der Waals surface area contributed by atoms with Crippen molar-refractivity contribution in [3.8, 4) is 39.9 Å². The summed E-state index contributed by atoms with van der Waals surface area (Å²) in [4.78, 5) is 4.61. The second-order valence-corrected chi connectivity index (χ2v) is 17.7. The third-order valence-electron chi connectivity index (χ3n) is 12.5. The Kier molecular flexibility index (Phi) is 12.2. The lowest BCUT2D eigenvalue weighted by Crippen LogP contribution is -2.56. The third-order valence-corrected chi connectivity index (χ3v) is 12.5. The number of ether oxygens (including phenoxy) is 4. The second kappa shape index (κ2) is 17.4. The van der Waals surface area contributed by atoms with Gasteiger partial charge in [0, 0.05) is 42.9 Å². The van der Waals surface area contributed by atoms with Gasteiger partial charge in [0.2, 0.25) is 0 Å². The van der Waals surface area contributed by atoms with E-state index in [0.717, 1.165) is 67.4 Å².